The van der Waals surface area contributed by atoms with E-state index in [2.05, 4.69) is 9.97 Å². The van der Waals surface area contributed by atoms with Crippen molar-refractivity contribution < 1.29 is 74.6 Å². The quantitative estimate of drug-likeness (QED) is 0.184. The van der Waals surface area contributed by atoms with Crippen LogP contribution in [0.2, 0.25) is 0 Å². The second-order valence-electron chi connectivity index (χ2n) is 10.8. The number of alkyl halides is 9. The first kappa shape index (κ1) is 39.1. The second kappa shape index (κ2) is 13.1. The minimum absolute atomic E-state index is 0.721. The summed E-state index contributed by atoms with van der Waals surface area (Å²) >= 11 is 0. The normalized spacial score (nSPS) is 18.5. The third-order valence-corrected chi connectivity index (χ3v) is 8.02. The predicted molar refractivity (Wildman–Crippen MR) is 130 cm³/mol. The SMILES string of the molecule is N#Cc1c(F)c(F)c(C(C#N)C2C(Cc3c(C(F)(F)F)nc(C(F)(F)F)nc3C(F)(F)F)C2C(C#N)c2c(F)c(F)c(C#N)c(F)c2F)c(F)c1F. The van der Waals surface area contributed by atoms with Gasteiger partial charge in [-0.2, -0.15) is 60.6 Å². The Bertz CT molecular complexity index is 1960. The fraction of sp³-hybridized carbons (Fsp3) is 0.310. The maximum Gasteiger partial charge on any atom is 0.451 e. The number of rotatable bonds is 6. The molecule has 23 heteroatoms. The van der Waals surface area contributed by atoms with Crippen molar-refractivity contribution in [3.63, 3.8) is 0 Å². The molecule has 0 amide bonds. The highest BCUT2D eigenvalue weighted by Crippen LogP contribution is 2.63. The van der Waals surface area contributed by atoms with Crippen LogP contribution in [0.3, 0.4) is 0 Å². The molecule has 1 saturated carbocycles. The molecule has 0 bridgehead atoms. The molecule has 0 N–H and O–H groups in total. The smallest absolute Gasteiger partial charge is 0.220 e. The Kier molecular flexibility index (Phi) is 9.86. The predicted octanol–water partition coefficient (Wildman–Crippen LogP) is 8.41. The van der Waals surface area contributed by atoms with E-state index in [0.717, 1.165) is 24.3 Å². The molecule has 1 aliphatic rings. The molecule has 6 nitrogen and oxygen atoms in total. The summed E-state index contributed by atoms with van der Waals surface area (Å²) in [6, 6.07) is 3.46. The molecule has 1 fully saturated rings. The molecule has 52 heavy (non-hydrogen) atoms. The maximum atomic E-state index is 15.1. The highest BCUT2D eigenvalue weighted by Gasteiger charge is 2.62. The monoisotopic (exact) mass is 762 g/mol. The first-order chi connectivity index (χ1) is 23.9. The van der Waals surface area contributed by atoms with Gasteiger partial charge >= 0.3 is 18.5 Å². The van der Waals surface area contributed by atoms with Gasteiger partial charge in [0.25, 0.3) is 0 Å². The van der Waals surface area contributed by atoms with Crippen molar-refractivity contribution in [2.75, 3.05) is 0 Å². The van der Waals surface area contributed by atoms with Crippen molar-refractivity contribution in [3.05, 3.63) is 91.6 Å². The van der Waals surface area contributed by atoms with Crippen LogP contribution in [0, 0.1) is 110 Å². The fourth-order valence-electron chi connectivity index (χ4n) is 5.87. The zero-order chi connectivity index (χ0) is 39.6. The molecule has 0 spiro atoms. The zero-order valence-electron chi connectivity index (χ0n) is 24.2. The van der Waals surface area contributed by atoms with E-state index in [0.29, 0.717) is 0 Å². The molecule has 4 unspecified atom stereocenters. The van der Waals surface area contributed by atoms with Crippen LogP contribution >= 0.6 is 0 Å². The van der Waals surface area contributed by atoms with E-state index in [4.69, 9.17) is 10.5 Å². The van der Waals surface area contributed by atoms with Gasteiger partial charge in [0.15, 0.2) is 57.9 Å². The molecule has 1 aliphatic carbocycles. The summed E-state index contributed by atoms with van der Waals surface area (Å²) in [7, 11) is 0. The Labute approximate surface area is 276 Å². The van der Waals surface area contributed by atoms with Gasteiger partial charge in [-0.05, 0) is 24.2 Å². The zero-order valence-corrected chi connectivity index (χ0v) is 24.2. The lowest BCUT2D eigenvalue weighted by atomic mass is 9.86. The summed E-state index contributed by atoms with van der Waals surface area (Å²) in [5, 5.41) is 37.4. The molecule has 0 aliphatic heterocycles. The van der Waals surface area contributed by atoms with Gasteiger partial charge in [0.1, 0.15) is 23.3 Å². The van der Waals surface area contributed by atoms with Gasteiger partial charge in [0, 0.05) is 16.7 Å². The van der Waals surface area contributed by atoms with Crippen LogP contribution in [0.4, 0.5) is 74.6 Å². The summed E-state index contributed by atoms with van der Waals surface area (Å²) in [6.45, 7) is 0. The van der Waals surface area contributed by atoms with E-state index < -0.39 is 146 Å². The first-order valence-electron chi connectivity index (χ1n) is 13.3. The van der Waals surface area contributed by atoms with Gasteiger partial charge in [-0.3, -0.25) is 0 Å². The molecule has 1 aromatic heterocycles. The molecular weight excluding hydrogens is 755 g/mol. The van der Waals surface area contributed by atoms with E-state index in [1.165, 1.54) is 0 Å². The van der Waals surface area contributed by atoms with Crippen LogP contribution in [-0.4, -0.2) is 9.97 Å². The van der Waals surface area contributed by atoms with E-state index in [-0.39, 0.29) is 0 Å². The third kappa shape index (κ3) is 6.35. The van der Waals surface area contributed by atoms with Crippen molar-refractivity contribution in [3.8, 4) is 24.3 Å². The van der Waals surface area contributed by atoms with Crippen LogP contribution in [0.25, 0.3) is 0 Å². The van der Waals surface area contributed by atoms with Crippen molar-refractivity contribution in [1.82, 2.24) is 9.97 Å². The highest BCUT2D eigenvalue weighted by molar-refractivity contribution is 5.46. The highest BCUT2D eigenvalue weighted by atomic mass is 19.4. The Hall–Kier alpha value is -5.71. The molecular formula is C29H7F17N6. The molecule has 2 aromatic carbocycles. The van der Waals surface area contributed by atoms with Gasteiger partial charge in [0.05, 0.1) is 24.0 Å². The van der Waals surface area contributed by atoms with Gasteiger partial charge < -0.3 is 0 Å². The van der Waals surface area contributed by atoms with E-state index in [9.17, 15) is 67.6 Å². The Balaban J connectivity index is 2.08. The van der Waals surface area contributed by atoms with Gasteiger partial charge in [-0.25, -0.2) is 45.1 Å². The summed E-state index contributed by atoms with van der Waals surface area (Å²) in [6.07, 6.45) is -20.5. The van der Waals surface area contributed by atoms with Gasteiger partial charge in [-0.1, -0.05) is 0 Å². The largest absolute Gasteiger partial charge is 0.451 e. The third-order valence-electron chi connectivity index (χ3n) is 8.02. The number of halogens is 17. The lowest BCUT2D eigenvalue weighted by Gasteiger charge is -2.20. The summed E-state index contributed by atoms with van der Waals surface area (Å²) < 4.78 is 243. The number of hydrogen-bond acceptors (Lipinski definition) is 6. The van der Waals surface area contributed by atoms with E-state index in [1.54, 1.807) is 0 Å². The Morgan fingerprint density at radius 3 is 1.04 bits per heavy atom. The summed E-state index contributed by atoms with van der Waals surface area (Å²) in [5.74, 6) is -36.4. The number of aromatic nitrogens is 2. The molecule has 3 aromatic rings. The average molecular weight is 762 g/mol. The number of nitriles is 4. The molecule has 0 radical (unpaired) electrons. The summed E-state index contributed by atoms with van der Waals surface area (Å²) in [5.41, 5.74) is -16.1. The van der Waals surface area contributed by atoms with Crippen LogP contribution in [0.5, 0.6) is 0 Å². The Morgan fingerprint density at radius 2 is 0.808 bits per heavy atom. The van der Waals surface area contributed by atoms with Crippen LogP contribution in [0.15, 0.2) is 0 Å². The number of nitrogens with zero attached hydrogens (tertiary/aromatic N) is 6. The van der Waals surface area contributed by atoms with E-state index in [1.807, 2.05) is 0 Å². The Morgan fingerprint density at radius 1 is 0.500 bits per heavy atom. The molecule has 1 heterocycles. The van der Waals surface area contributed by atoms with Crippen LogP contribution in [-0.2, 0) is 24.9 Å². The molecule has 272 valence electrons. The maximum absolute atomic E-state index is 15.1. The first-order valence-corrected chi connectivity index (χ1v) is 13.3. The van der Waals surface area contributed by atoms with Gasteiger partial charge in [0.2, 0.25) is 5.82 Å². The topological polar surface area (TPSA) is 121 Å². The second-order valence-corrected chi connectivity index (χ2v) is 10.8. The molecule has 4 atom stereocenters. The minimum atomic E-state index is -6.21. The fourth-order valence-corrected chi connectivity index (χ4v) is 5.87. The van der Waals surface area contributed by atoms with Gasteiger partial charge in [-0.15, -0.1) is 0 Å². The van der Waals surface area contributed by atoms with Crippen molar-refractivity contribution in [2.45, 2.75) is 36.8 Å². The number of hydrogen-bond donors (Lipinski definition) is 0. The minimum Gasteiger partial charge on any atom is -0.220 e. The van der Waals surface area contributed by atoms with Crippen LogP contribution < -0.4 is 0 Å². The standard InChI is InChI=1S/C29H7F17N6/c30-16-10(4-49)17(31)21(35)14(20(16)34)8(2-47)12-6(13(12)9(3-48)15-22(36)18(32)11(5-50)19(33)23(15)37)1-7-24(27(38,39)40)51-26(29(44,45)46)52-25(7)28(41,42)43/h6,8-9,12-13H,1H2. The number of benzene rings is 2. The van der Waals surface area contributed by atoms with Crippen molar-refractivity contribution >= 4 is 0 Å². The summed E-state index contributed by atoms with van der Waals surface area (Å²) in [4.78, 5) is 4.23. The molecule has 0 saturated heterocycles. The van der Waals surface area contributed by atoms with Crippen molar-refractivity contribution in [1.29, 1.82) is 21.0 Å². The van der Waals surface area contributed by atoms with Crippen molar-refractivity contribution in [2.24, 2.45) is 17.8 Å². The average Bonchev–Trinajstić information content (AvgIpc) is 3.74. The molecule has 4 rings (SSSR count). The lowest BCUT2D eigenvalue weighted by Crippen LogP contribution is -2.26. The van der Waals surface area contributed by atoms with Crippen LogP contribution in [0.1, 0.15) is 56.9 Å². The lowest BCUT2D eigenvalue weighted by molar-refractivity contribution is -0.160. The van der Waals surface area contributed by atoms with E-state index >= 15 is 17.6 Å².